The monoisotopic (exact) mass is 286 g/mol. The molecule has 21 heavy (non-hydrogen) atoms. The summed E-state index contributed by atoms with van der Waals surface area (Å²) in [5.41, 5.74) is 2.32. The summed E-state index contributed by atoms with van der Waals surface area (Å²) in [7, 11) is 1.91. The lowest BCUT2D eigenvalue weighted by atomic mass is 10.2. The highest BCUT2D eigenvalue weighted by Gasteiger charge is 2.10. The van der Waals surface area contributed by atoms with Gasteiger partial charge in [0.05, 0.1) is 6.20 Å². The maximum absolute atomic E-state index is 5.87. The molecule has 0 aliphatic carbocycles. The molecule has 0 saturated carbocycles. The SMILES string of the molecule is Cn1cc(COc2cccc(N3CCCNCC3)c2)cn1. The van der Waals surface area contributed by atoms with Gasteiger partial charge < -0.3 is 15.0 Å². The molecule has 3 rings (SSSR count). The summed E-state index contributed by atoms with van der Waals surface area (Å²) >= 11 is 0. The first kappa shape index (κ1) is 13.9. The van der Waals surface area contributed by atoms with Gasteiger partial charge in [0.25, 0.3) is 0 Å². The van der Waals surface area contributed by atoms with Crippen molar-refractivity contribution in [1.82, 2.24) is 15.1 Å². The van der Waals surface area contributed by atoms with Crippen molar-refractivity contribution in [2.24, 2.45) is 7.05 Å². The smallest absolute Gasteiger partial charge is 0.121 e. The highest BCUT2D eigenvalue weighted by Crippen LogP contribution is 2.22. The standard InChI is InChI=1S/C16H22N4O/c1-19-12-14(11-18-19)13-21-16-5-2-4-15(10-16)20-8-3-6-17-7-9-20/h2,4-5,10-12,17H,3,6-9,13H2,1H3. The highest BCUT2D eigenvalue weighted by atomic mass is 16.5. The molecule has 1 aliphatic rings. The number of anilines is 1. The second-order valence-corrected chi connectivity index (χ2v) is 5.40. The summed E-state index contributed by atoms with van der Waals surface area (Å²) in [6, 6.07) is 8.35. The predicted molar refractivity (Wildman–Crippen MR) is 83.7 cm³/mol. The van der Waals surface area contributed by atoms with Crippen LogP contribution in [0.5, 0.6) is 5.75 Å². The fourth-order valence-electron chi connectivity index (χ4n) is 2.59. The fraction of sp³-hybridized carbons (Fsp3) is 0.438. The first-order valence-corrected chi connectivity index (χ1v) is 7.47. The van der Waals surface area contributed by atoms with Gasteiger partial charge in [-0.1, -0.05) is 6.07 Å². The second-order valence-electron chi connectivity index (χ2n) is 5.40. The van der Waals surface area contributed by atoms with Crippen LogP contribution in [0.1, 0.15) is 12.0 Å². The van der Waals surface area contributed by atoms with E-state index in [2.05, 4.69) is 33.5 Å². The molecule has 0 unspecified atom stereocenters. The molecular weight excluding hydrogens is 264 g/mol. The van der Waals surface area contributed by atoms with Crippen LogP contribution in [-0.2, 0) is 13.7 Å². The van der Waals surface area contributed by atoms with Gasteiger partial charge in [-0.15, -0.1) is 0 Å². The van der Waals surface area contributed by atoms with Crippen LogP contribution in [0.3, 0.4) is 0 Å². The molecule has 5 nitrogen and oxygen atoms in total. The molecule has 0 bridgehead atoms. The van der Waals surface area contributed by atoms with Gasteiger partial charge in [0.1, 0.15) is 12.4 Å². The number of aryl methyl sites for hydroxylation is 1. The lowest BCUT2D eigenvalue weighted by molar-refractivity contribution is 0.306. The Morgan fingerprint density at radius 1 is 1.29 bits per heavy atom. The summed E-state index contributed by atoms with van der Waals surface area (Å²) in [6.45, 7) is 4.85. The third-order valence-corrected chi connectivity index (χ3v) is 3.69. The van der Waals surface area contributed by atoms with E-state index in [9.17, 15) is 0 Å². The molecule has 1 aromatic heterocycles. The number of nitrogens with one attached hydrogen (secondary N) is 1. The molecule has 2 aromatic rings. The van der Waals surface area contributed by atoms with E-state index in [-0.39, 0.29) is 0 Å². The molecule has 0 radical (unpaired) electrons. The predicted octanol–water partition coefficient (Wildman–Crippen LogP) is 1.80. The van der Waals surface area contributed by atoms with Crippen molar-refractivity contribution >= 4 is 5.69 Å². The molecule has 0 spiro atoms. The van der Waals surface area contributed by atoms with E-state index in [1.807, 2.05) is 25.5 Å². The van der Waals surface area contributed by atoms with E-state index >= 15 is 0 Å². The Morgan fingerprint density at radius 3 is 3.10 bits per heavy atom. The topological polar surface area (TPSA) is 42.3 Å². The molecule has 2 heterocycles. The molecule has 1 aliphatic heterocycles. The van der Waals surface area contributed by atoms with Crippen LogP contribution in [0.25, 0.3) is 0 Å². The Balaban J connectivity index is 1.64. The minimum atomic E-state index is 0.554. The number of ether oxygens (including phenoxy) is 1. The molecular formula is C16H22N4O. The van der Waals surface area contributed by atoms with Crippen LogP contribution >= 0.6 is 0 Å². The number of aromatic nitrogens is 2. The van der Waals surface area contributed by atoms with Gasteiger partial charge in [-0.2, -0.15) is 5.10 Å². The van der Waals surface area contributed by atoms with Crippen molar-refractivity contribution in [2.75, 3.05) is 31.1 Å². The molecule has 1 aromatic carbocycles. The third kappa shape index (κ3) is 3.76. The number of nitrogens with zero attached hydrogens (tertiary/aromatic N) is 3. The Morgan fingerprint density at radius 2 is 2.24 bits per heavy atom. The van der Waals surface area contributed by atoms with Gasteiger partial charge in [-0.3, -0.25) is 4.68 Å². The van der Waals surface area contributed by atoms with Gasteiger partial charge in [0.2, 0.25) is 0 Å². The van der Waals surface area contributed by atoms with E-state index in [1.54, 1.807) is 4.68 Å². The highest BCUT2D eigenvalue weighted by molar-refractivity contribution is 5.50. The van der Waals surface area contributed by atoms with Crippen LogP contribution in [-0.4, -0.2) is 36.0 Å². The van der Waals surface area contributed by atoms with Crippen LogP contribution in [0, 0.1) is 0 Å². The lowest BCUT2D eigenvalue weighted by Gasteiger charge is -2.22. The van der Waals surface area contributed by atoms with Crippen molar-refractivity contribution < 1.29 is 4.74 Å². The van der Waals surface area contributed by atoms with E-state index in [1.165, 1.54) is 12.1 Å². The van der Waals surface area contributed by atoms with Crippen molar-refractivity contribution in [3.8, 4) is 5.75 Å². The molecule has 1 fully saturated rings. The average molecular weight is 286 g/mol. The maximum Gasteiger partial charge on any atom is 0.121 e. The minimum absolute atomic E-state index is 0.554. The molecule has 112 valence electrons. The van der Waals surface area contributed by atoms with Crippen molar-refractivity contribution in [3.05, 3.63) is 42.2 Å². The number of benzene rings is 1. The normalized spacial score (nSPS) is 15.8. The first-order chi connectivity index (χ1) is 10.3. The lowest BCUT2D eigenvalue weighted by Crippen LogP contribution is -2.27. The molecule has 1 saturated heterocycles. The van der Waals surface area contributed by atoms with Gasteiger partial charge in [0.15, 0.2) is 0 Å². The van der Waals surface area contributed by atoms with E-state index in [0.717, 1.165) is 37.5 Å². The summed E-state index contributed by atoms with van der Waals surface area (Å²) < 4.78 is 7.66. The Hall–Kier alpha value is -2.01. The van der Waals surface area contributed by atoms with Crippen LogP contribution in [0.2, 0.25) is 0 Å². The minimum Gasteiger partial charge on any atom is -0.489 e. The van der Waals surface area contributed by atoms with Crippen LogP contribution < -0.4 is 15.0 Å². The zero-order chi connectivity index (χ0) is 14.5. The molecule has 1 N–H and O–H groups in total. The summed E-state index contributed by atoms with van der Waals surface area (Å²) in [4.78, 5) is 2.41. The molecule has 0 amide bonds. The first-order valence-electron chi connectivity index (χ1n) is 7.47. The van der Waals surface area contributed by atoms with Crippen LogP contribution in [0.4, 0.5) is 5.69 Å². The van der Waals surface area contributed by atoms with Gasteiger partial charge >= 0.3 is 0 Å². The van der Waals surface area contributed by atoms with E-state index < -0.39 is 0 Å². The van der Waals surface area contributed by atoms with Gasteiger partial charge in [-0.25, -0.2) is 0 Å². The van der Waals surface area contributed by atoms with Crippen molar-refractivity contribution in [1.29, 1.82) is 0 Å². The van der Waals surface area contributed by atoms with Crippen molar-refractivity contribution in [3.63, 3.8) is 0 Å². The van der Waals surface area contributed by atoms with Gasteiger partial charge in [0, 0.05) is 50.2 Å². The zero-order valence-corrected chi connectivity index (χ0v) is 12.5. The largest absolute Gasteiger partial charge is 0.489 e. The zero-order valence-electron chi connectivity index (χ0n) is 12.5. The third-order valence-electron chi connectivity index (χ3n) is 3.69. The van der Waals surface area contributed by atoms with Crippen LogP contribution in [0.15, 0.2) is 36.7 Å². The number of hydrogen-bond donors (Lipinski definition) is 1. The van der Waals surface area contributed by atoms with Gasteiger partial charge in [-0.05, 0) is 25.1 Å². The summed E-state index contributed by atoms with van der Waals surface area (Å²) in [6.07, 6.45) is 5.00. The average Bonchev–Trinajstić information content (AvgIpc) is 2.76. The summed E-state index contributed by atoms with van der Waals surface area (Å²) in [5, 5.41) is 7.58. The van der Waals surface area contributed by atoms with E-state index in [4.69, 9.17) is 4.74 Å². The quantitative estimate of drug-likeness (QED) is 0.930. The van der Waals surface area contributed by atoms with Crippen molar-refractivity contribution in [2.45, 2.75) is 13.0 Å². The molecule has 0 atom stereocenters. The second kappa shape index (κ2) is 6.63. The summed E-state index contributed by atoms with van der Waals surface area (Å²) in [5.74, 6) is 0.911. The number of rotatable bonds is 4. The maximum atomic E-state index is 5.87. The molecule has 5 heteroatoms. The van der Waals surface area contributed by atoms with E-state index in [0.29, 0.717) is 6.61 Å². The Kier molecular flexibility index (Phi) is 4.40. The number of hydrogen-bond acceptors (Lipinski definition) is 4. The Bertz CT molecular complexity index is 573. The Labute approximate surface area is 125 Å². The fourth-order valence-corrected chi connectivity index (χ4v) is 2.59.